The van der Waals surface area contributed by atoms with Crippen molar-refractivity contribution in [1.82, 2.24) is 5.32 Å². The molecule has 1 heterocycles. The summed E-state index contributed by atoms with van der Waals surface area (Å²) in [5.74, 6) is 0.464. The van der Waals surface area contributed by atoms with Crippen molar-refractivity contribution in [1.29, 1.82) is 0 Å². The highest BCUT2D eigenvalue weighted by Crippen LogP contribution is 2.24. The molecule has 0 spiro atoms. The Morgan fingerprint density at radius 3 is 2.81 bits per heavy atom. The molecular formula is C15H20ClNO4. The van der Waals surface area contributed by atoms with E-state index in [0.717, 1.165) is 5.56 Å². The van der Waals surface area contributed by atoms with Crippen LogP contribution in [0.25, 0.3) is 0 Å². The van der Waals surface area contributed by atoms with Crippen molar-refractivity contribution >= 4 is 17.5 Å². The van der Waals surface area contributed by atoms with Gasteiger partial charge in [0, 0.05) is 23.8 Å². The fraction of sp³-hybridized carbons (Fsp3) is 0.533. The van der Waals surface area contributed by atoms with Crippen molar-refractivity contribution in [2.45, 2.75) is 24.8 Å². The van der Waals surface area contributed by atoms with Gasteiger partial charge in [-0.15, -0.1) is 0 Å². The highest BCUT2D eigenvalue weighted by atomic mass is 35.5. The van der Waals surface area contributed by atoms with Gasteiger partial charge < -0.3 is 19.9 Å². The lowest BCUT2D eigenvalue weighted by Gasteiger charge is -2.36. The molecule has 0 atom stereocenters. The zero-order valence-electron chi connectivity index (χ0n) is 12.0. The van der Waals surface area contributed by atoms with Crippen LogP contribution >= 0.6 is 11.6 Å². The monoisotopic (exact) mass is 313 g/mol. The Morgan fingerprint density at radius 1 is 1.48 bits per heavy atom. The first-order valence-corrected chi connectivity index (χ1v) is 7.28. The molecule has 0 aliphatic carbocycles. The van der Waals surface area contributed by atoms with Crippen molar-refractivity contribution in [3.63, 3.8) is 0 Å². The minimum atomic E-state index is -0.582. The number of hydrogen-bond acceptors (Lipinski definition) is 4. The van der Waals surface area contributed by atoms with Crippen molar-refractivity contribution in [3.8, 4) is 5.75 Å². The zero-order chi connectivity index (χ0) is 15.3. The summed E-state index contributed by atoms with van der Waals surface area (Å²) in [6, 6.07) is 5.17. The van der Waals surface area contributed by atoms with E-state index in [1.165, 1.54) is 0 Å². The molecule has 1 fully saturated rings. The van der Waals surface area contributed by atoms with Crippen LogP contribution < -0.4 is 10.1 Å². The average Bonchev–Trinajstić information content (AvgIpc) is 2.48. The summed E-state index contributed by atoms with van der Waals surface area (Å²) in [7, 11) is 1.55. The van der Waals surface area contributed by atoms with Crippen LogP contribution in [0.2, 0.25) is 5.02 Å². The van der Waals surface area contributed by atoms with E-state index in [9.17, 15) is 9.90 Å². The molecule has 0 unspecified atom stereocenters. The molecule has 1 aromatic rings. The first-order valence-electron chi connectivity index (χ1n) is 6.90. The second-order valence-corrected chi connectivity index (χ2v) is 5.67. The van der Waals surface area contributed by atoms with E-state index in [0.29, 0.717) is 36.8 Å². The summed E-state index contributed by atoms with van der Waals surface area (Å²) in [6.07, 6.45) is 1.39. The maximum atomic E-state index is 12.3. The van der Waals surface area contributed by atoms with Gasteiger partial charge in [-0.05, 0) is 31.0 Å². The number of carbonyl (C=O) groups excluding carboxylic acids is 1. The molecule has 0 bridgehead atoms. The largest absolute Gasteiger partial charge is 0.496 e. The van der Waals surface area contributed by atoms with Crippen LogP contribution in [-0.2, 0) is 16.0 Å². The summed E-state index contributed by atoms with van der Waals surface area (Å²) >= 11 is 5.96. The molecule has 1 aliphatic rings. The minimum absolute atomic E-state index is 0.0885. The smallest absolute Gasteiger partial charge is 0.225 e. The van der Waals surface area contributed by atoms with E-state index >= 15 is 0 Å². The van der Waals surface area contributed by atoms with E-state index < -0.39 is 5.54 Å². The highest BCUT2D eigenvalue weighted by Gasteiger charge is 2.33. The van der Waals surface area contributed by atoms with Crippen LogP contribution in [0.4, 0.5) is 0 Å². The molecule has 1 saturated heterocycles. The van der Waals surface area contributed by atoms with Gasteiger partial charge in [-0.3, -0.25) is 4.79 Å². The van der Waals surface area contributed by atoms with Crippen LogP contribution in [0.1, 0.15) is 18.4 Å². The molecule has 21 heavy (non-hydrogen) atoms. The van der Waals surface area contributed by atoms with Crippen LogP contribution in [0.3, 0.4) is 0 Å². The predicted molar refractivity (Wildman–Crippen MR) is 79.7 cm³/mol. The number of ether oxygens (including phenoxy) is 2. The molecule has 0 radical (unpaired) electrons. The van der Waals surface area contributed by atoms with Gasteiger partial charge in [0.25, 0.3) is 0 Å². The molecule has 0 saturated carbocycles. The van der Waals surface area contributed by atoms with Gasteiger partial charge >= 0.3 is 0 Å². The van der Waals surface area contributed by atoms with Crippen LogP contribution in [0, 0.1) is 0 Å². The summed E-state index contributed by atoms with van der Waals surface area (Å²) in [4.78, 5) is 12.3. The molecule has 116 valence electrons. The van der Waals surface area contributed by atoms with Gasteiger partial charge in [-0.2, -0.15) is 0 Å². The molecule has 5 nitrogen and oxygen atoms in total. The van der Waals surface area contributed by atoms with Crippen molar-refractivity contribution in [2.24, 2.45) is 0 Å². The molecule has 1 aliphatic heterocycles. The Bertz CT molecular complexity index is 500. The standard InChI is InChI=1S/C15H20ClNO4/c1-20-13-3-2-12(16)8-11(13)9-14(19)17-15(10-18)4-6-21-7-5-15/h2-3,8,18H,4-7,9-10H2,1H3,(H,17,19). The molecule has 1 aromatic carbocycles. The van der Waals surface area contributed by atoms with E-state index in [2.05, 4.69) is 5.32 Å². The van der Waals surface area contributed by atoms with Gasteiger partial charge in [-0.25, -0.2) is 0 Å². The Labute approximate surface area is 129 Å². The van der Waals surface area contributed by atoms with E-state index in [1.54, 1.807) is 25.3 Å². The SMILES string of the molecule is COc1ccc(Cl)cc1CC(=O)NC1(CO)CCOCC1. The Balaban J connectivity index is 2.05. The maximum absolute atomic E-state index is 12.3. The first kappa shape index (κ1) is 16.1. The van der Waals surface area contributed by atoms with E-state index in [1.807, 2.05) is 0 Å². The number of aliphatic hydroxyl groups excluding tert-OH is 1. The fourth-order valence-corrected chi connectivity index (χ4v) is 2.68. The number of halogens is 1. The number of methoxy groups -OCH3 is 1. The lowest BCUT2D eigenvalue weighted by atomic mass is 9.90. The zero-order valence-corrected chi connectivity index (χ0v) is 12.8. The van der Waals surface area contributed by atoms with Gasteiger partial charge in [0.15, 0.2) is 0 Å². The fourth-order valence-electron chi connectivity index (χ4n) is 2.48. The summed E-state index contributed by atoms with van der Waals surface area (Å²) in [5, 5.41) is 13.1. The van der Waals surface area contributed by atoms with Crippen molar-refractivity contribution < 1.29 is 19.4 Å². The Hall–Kier alpha value is -1.30. The van der Waals surface area contributed by atoms with Crippen LogP contribution in [0.5, 0.6) is 5.75 Å². The van der Waals surface area contributed by atoms with Gasteiger partial charge in [0.1, 0.15) is 5.75 Å². The van der Waals surface area contributed by atoms with Gasteiger partial charge in [0.05, 0.1) is 25.7 Å². The first-order chi connectivity index (χ1) is 10.1. The van der Waals surface area contributed by atoms with Gasteiger partial charge in [0.2, 0.25) is 5.91 Å². The minimum Gasteiger partial charge on any atom is -0.496 e. The van der Waals surface area contributed by atoms with Crippen LogP contribution in [-0.4, -0.2) is 43.5 Å². The molecule has 6 heteroatoms. The second kappa shape index (κ2) is 7.11. The second-order valence-electron chi connectivity index (χ2n) is 5.23. The van der Waals surface area contributed by atoms with E-state index in [4.69, 9.17) is 21.1 Å². The topological polar surface area (TPSA) is 67.8 Å². The maximum Gasteiger partial charge on any atom is 0.225 e. The average molecular weight is 314 g/mol. The summed E-state index contributed by atoms with van der Waals surface area (Å²) < 4.78 is 10.5. The Morgan fingerprint density at radius 2 is 2.19 bits per heavy atom. The number of benzene rings is 1. The van der Waals surface area contributed by atoms with Gasteiger partial charge in [-0.1, -0.05) is 11.6 Å². The summed E-state index contributed by atoms with van der Waals surface area (Å²) in [6.45, 7) is 0.997. The number of rotatable bonds is 5. The number of hydrogen-bond donors (Lipinski definition) is 2. The number of carbonyl (C=O) groups is 1. The molecule has 0 aromatic heterocycles. The lowest BCUT2D eigenvalue weighted by Crippen LogP contribution is -2.55. The molecule has 2 rings (SSSR count). The third kappa shape index (κ3) is 4.09. The molecule has 2 N–H and O–H groups in total. The lowest BCUT2D eigenvalue weighted by molar-refractivity contribution is -0.124. The molecular weight excluding hydrogens is 294 g/mol. The van der Waals surface area contributed by atoms with Crippen molar-refractivity contribution in [2.75, 3.05) is 26.9 Å². The normalized spacial score (nSPS) is 17.3. The summed E-state index contributed by atoms with van der Waals surface area (Å²) in [5.41, 5.74) is 0.142. The third-order valence-corrected chi connectivity index (χ3v) is 3.99. The third-order valence-electron chi connectivity index (χ3n) is 3.75. The number of amides is 1. The van der Waals surface area contributed by atoms with E-state index in [-0.39, 0.29) is 18.9 Å². The number of aliphatic hydroxyl groups is 1. The van der Waals surface area contributed by atoms with Crippen LogP contribution in [0.15, 0.2) is 18.2 Å². The highest BCUT2D eigenvalue weighted by molar-refractivity contribution is 6.30. The van der Waals surface area contributed by atoms with Crippen molar-refractivity contribution in [3.05, 3.63) is 28.8 Å². The quantitative estimate of drug-likeness (QED) is 0.865. The predicted octanol–water partition coefficient (Wildman–Crippen LogP) is 1.55. The molecule has 1 amide bonds. The number of nitrogens with one attached hydrogen (secondary N) is 1. The Kier molecular flexibility index (Phi) is 5.45.